The first-order chi connectivity index (χ1) is 8.50. The number of nitrogens with zero attached hydrogens (tertiary/aromatic N) is 4. The van der Waals surface area contributed by atoms with Gasteiger partial charge in [-0.05, 0) is 32.4 Å². The lowest BCUT2D eigenvalue weighted by Crippen LogP contribution is -2.49. The van der Waals surface area contributed by atoms with Crippen molar-refractivity contribution < 1.29 is 4.74 Å². The van der Waals surface area contributed by atoms with E-state index < -0.39 is 0 Å². The molecule has 1 fully saturated rings. The van der Waals surface area contributed by atoms with Crippen LogP contribution in [-0.2, 0) is 4.74 Å². The largest absolute Gasteiger partial charge is 0.372 e. The van der Waals surface area contributed by atoms with E-state index in [-0.39, 0.29) is 10.9 Å². The Morgan fingerprint density at radius 2 is 2.17 bits per heavy atom. The lowest BCUT2D eigenvalue weighted by atomic mass is 10.1. The van der Waals surface area contributed by atoms with Gasteiger partial charge in [0.1, 0.15) is 0 Å². The molecule has 1 aliphatic rings. The smallest absolute Gasteiger partial charge is 0.231 e. The Morgan fingerprint density at radius 3 is 2.83 bits per heavy atom. The molecule has 1 aromatic rings. The summed E-state index contributed by atoms with van der Waals surface area (Å²) in [6, 6.07) is 0. The van der Waals surface area contributed by atoms with E-state index in [2.05, 4.69) is 25.2 Å². The molecule has 0 saturated carbocycles. The minimum atomic E-state index is -0.199. The van der Waals surface area contributed by atoms with Crippen LogP contribution in [0.5, 0.6) is 0 Å². The average Bonchev–Trinajstić information content (AvgIpc) is 2.27. The highest BCUT2D eigenvalue weighted by Gasteiger charge is 2.29. The summed E-state index contributed by atoms with van der Waals surface area (Å²) < 4.78 is 5.66. The molecule has 1 aliphatic heterocycles. The lowest BCUT2D eigenvalue weighted by molar-refractivity contribution is -0.0281. The highest BCUT2D eigenvalue weighted by Crippen LogP contribution is 2.21. The predicted molar refractivity (Wildman–Crippen MR) is 71.2 cm³/mol. The van der Waals surface area contributed by atoms with Crippen LogP contribution in [0.1, 0.15) is 20.8 Å². The van der Waals surface area contributed by atoms with Gasteiger partial charge in [-0.25, -0.2) is 0 Å². The Hall–Kier alpha value is -1.14. The molecule has 0 atom stereocenters. The Bertz CT molecular complexity index is 426. The molecule has 0 aromatic carbocycles. The second kappa shape index (κ2) is 5.24. The molecule has 1 N–H and O–H groups in total. The summed E-state index contributed by atoms with van der Waals surface area (Å²) in [4.78, 5) is 14.6. The molecule has 1 aromatic heterocycles. The molecule has 0 bridgehead atoms. The van der Waals surface area contributed by atoms with Gasteiger partial charge >= 0.3 is 0 Å². The van der Waals surface area contributed by atoms with Crippen molar-refractivity contribution in [1.29, 1.82) is 0 Å². The summed E-state index contributed by atoms with van der Waals surface area (Å²) in [7, 11) is 0. The van der Waals surface area contributed by atoms with Gasteiger partial charge in [0.2, 0.25) is 17.2 Å². The first kappa shape index (κ1) is 13.3. The molecule has 0 unspecified atom stereocenters. The summed E-state index contributed by atoms with van der Waals surface area (Å²) in [5.74, 6) is 1.11. The van der Waals surface area contributed by atoms with Crippen molar-refractivity contribution in [3.63, 3.8) is 0 Å². The van der Waals surface area contributed by atoms with E-state index in [0.717, 1.165) is 19.6 Å². The van der Waals surface area contributed by atoms with Gasteiger partial charge in [0.15, 0.2) is 0 Å². The zero-order valence-electron chi connectivity index (χ0n) is 10.9. The second-order valence-electron chi connectivity index (χ2n) is 4.79. The Balaban J connectivity index is 2.21. The zero-order valence-corrected chi connectivity index (χ0v) is 11.7. The highest BCUT2D eigenvalue weighted by atomic mass is 35.5. The first-order valence-corrected chi connectivity index (χ1v) is 6.42. The summed E-state index contributed by atoms with van der Waals surface area (Å²) in [5, 5.41) is 3.25. The van der Waals surface area contributed by atoms with Crippen LogP contribution in [0.2, 0.25) is 5.28 Å². The van der Waals surface area contributed by atoms with Crippen molar-refractivity contribution >= 4 is 23.5 Å². The molecule has 2 rings (SSSR count). The number of hydrogen-bond acceptors (Lipinski definition) is 6. The summed E-state index contributed by atoms with van der Waals surface area (Å²) in [6.07, 6.45) is 0. The predicted octanol–water partition coefficient (Wildman–Crippen LogP) is 1.57. The van der Waals surface area contributed by atoms with E-state index in [4.69, 9.17) is 16.3 Å². The molecule has 0 aliphatic carbocycles. The number of rotatable bonds is 3. The van der Waals surface area contributed by atoms with Crippen LogP contribution < -0.4 is 10.2 Å². The maximum Gasteiger partial charge on any atom is 0.231 e. The third-order valence-electron chi connectivity index (χ3n) is 2.64. The number of aromatic nitrogens is 3. The number of morpholine rings is 1. The van der Waals surface area contributed by atoms with Crippen LogP contribution in [0.3, 0.4) is 0 Å². The van der Waals surface area contributed by atoms with Gasteiger partial charge in [-0.1, -0.05) is 0 Å². The summed E-state index contributed by atoms with van der Waals surface area (Å²) >= 11 is 5.92. The van der Waals surface area contributed by atoms with Crippen molar-refractivity contribution in [2.45, 2.75) is 26.4 Å². The minimum absolute atomic E-state index is 0.199. The summed E-state index contributed by atoms with van der Waals surface area (Å²) in [6.45, 7) is 8.98. The standard InChI is InChI=1S/C11H18ClN5O/c1-4-13-9-14-8(12)15-10(16-9)17-5-6-18-11(2,3)7-17/h4-7H2,1-3H3,(H,13,14,15,16). The second-order valence-corrected chi connectivity index (χ2v) is 5.13. The van der Waals surface area contributed by atoms with Crippen molar-refractivity contribution in [1.82, 2.24) is 15.0 Å². The molecular weight excluding hydrogens is 254 g/mol. The van der Waals surface area contributed by atoms with Gasteiger partial charge in [0.25, 0.3) is 0 Å². The van der Waals surface area contributed by atoms with Gasteiger partial charge in [0.05, 0.1) is 12.2 Å². The molecule has 100 valence electrons. The van der Waals surface area contributed by atoms with Crippen LogP contribution in [0, 0.1) is 0 Å². The molecule has 2 heterocycles. The van der Waals surface area contributed by atoms with E-state index in [1.54, 1.807) is 0 Å². The first-order valence-electron chi connectivity index (χ1n) is 6.04. The molecule has 0 amide bonds. The number of nitrogens with one attached hydrogen (secondary N) is 1. The van der Waals surface area contributed by atoms with E-state index in [0.29, 0.717) is 18.5 Å². The van der Waals surface area contributed by atoms with Crippen LogP contribution in [0.4, 0.5) is 11.9 Å². The lowest BCUT2D eigenvalue weighted by Gasteiger charge is -2.38. The molecule has 0 spiro atoms. The van der Waals surface area contributed by atoms with E-state index >= 15 is 0 Å². The molecule has 0 radical (unpaired) electrons. The van der Waals surface area contributed by atoms with Crippen molar-refractivity contribution in [2.24, 2.45) is 0 Å². The fraction of sp³-hybridized carbons (Fsp3) is 0.727. The third-order valence-corrected chi connectivity index (χ3v) is 2.81. The number of halogens is 1. The highest BCUT2D eigenvalue weighted by molar-refractivity contribution is 6.28. The summed E-state index contributed by atoms with van der Waals surface area (Å²) in [5.41, 5.74) is -0.199. The van der Waals surface area contributed by atoms with Crippen LogP contribution in [-0.4, -0.2) is 46.8 Å². The number of anilines is 2. The van der Waals surface area contributed by atoms with Gasteiger partial charge in [0, 0.05) is 19.6 Å². The van der Waals surface area contributed by atoms with Crippen molar-refractivity contribution in [3.8, 4) is 0 Å². The van der Waals surface area contributed by atoms with Crippen LogP contribution >= 0.6 is 11.6 Å². The number of hydrogen-bond donors (Lipinski definition) is 1. The third kappa shape index (κ3) is 3.20. The van der Waals surface area contributed by atoms with Gasteiger partial charge in [-0.2, -0.15) is 15.0 Å². The Labute approximate surface area is 112 Å². The maximum atomic E-state index is 5.92. The topological polar surface area (TPSA) is 63.2 Å². The van der Waals surface area contributed by atoms with Gasteiger partial charge in [-0.3, -0.25) is 0 Å². The molecule has 6 nitrogen and oxygen atoms in total. The number of ether oxygens (including phenoxy) is 1. The van der Waals surface area contributed by atoms with Crippen molar-refractivity contribution in [2.75, 3.05) is 36.5 Å². The SMILES string of the molecule is CCNc1nc(Cl)nc(N2CCOC(C)(C)C2)n1. The molecule has 1 saturated heterocycles. The quantitative estimate of drug-likeness (QED) is 0.900. The Kier molecular flexibility index (Phi) is 3.87. The fourth-order valence-electron chi connectivity index (χ4n) is 1.91. The van der Waals surface area contributed by atoms with Crippen LogP contribution in [0.25, 0.3) is 0 Å². The van der Waals surface area contributed by atoms with Crippen molar-refractivity contribution in [3.05, 3.63) is 5.28 Å². The normalized spacial score (nSPS) is 18.8. The fourth-order valence-corrected chi connectivity index (χ4v) is 2.06. The Morgan fingerprint density at radius 1 is 1.39 bits per heavy atom. The molecule has 7 heteroatoms. The van der Waals surface area contributed by atoms with Gasteiger partial charge in [-0.15, -0.1) is 0 Å². The van der Waals surface area contributed by atoms with Gasteiger partial charge < -0.3 is 15.0 Å². The molecule has 18 heavy (non-hydrogen) atoms. The van der Waals surface area contributed by atoms with E-state index in [1.807, 2.05) is 20.8 Å². The monoisotopic (exact) mass is 271 g/mol. The molecular formula is C11H18ClN5O. The van der Waals surface area contributed by atoms with Crippen LogP contribution in [0.15, 0.2) is 0 Å². The van der Waals surface area contributed by atoms with E-state index in [9.17, 15) is 0 Å². The average molecular weight is 272 g/mol. The minimum Gasteiger partial charge on any atom is -0.372 e. The zero-order chi connectivity index (χ0) is 13.2. The van der Waals surface area contributed by atoms with E-state index in [1.165, 1.54) is 0 Å². The maximum absolute atomic E-state index is 5.92.